The van der Waals surface area contributed by atoms with Crippen molar-refractivity contribution in [3.63, 3.8) is 0 Å². The van der Waals surface area contributed by atoms with Gasteiger partial charge in [0.15, 0.2) is 0 Å². The Kier molecular flexibility index (Phi) is 11.4. The normalized spacial score (nSPS) is 11.8. The summed E-state index contributed by atoms with van der Waals surface area (Å²) in [5.41, 5.74) is 4.46. The van der Waals surface area contributed by atoms with Crippen molar-refractivity contribution in [2.45, 2.75) is 71.4 Å². The first kappa shape index (κ1) is 28.6. The minimum atomic E-state index is -0.585. The molecule has 0 aliphatic rings. The van der Waals surface area contributed by atoms with E-state index in [4.69, 9.17) is 0 Å². The van der Waals surface area contributed by atoms with Crippen LogP contribution < -0.4 is 5.32 Å². The average Bonchev–Trinajstić information content (AvgIpc) is 2.91. The van der Waals surface area contributed by atoms with Crippen molar-refractivity contribution in [2.75, 3.05) is 6.54 Å². The third-order valence-electron chi connectivity index (χ3n) is 6.64. The molecule has 0 fully saturated rings. The molecule has 0 spiro atoms. The molecule has 37 heavy (non-hydrogen) atoms. The van der Waals surface area contributed by atoms with E-state index in [-0.39, 0.29) is 11.8 Å². The van der Waals surface area contributed by atoms with Gasteiger partial charge in [-0.1, -0.05) is 110 Å². The summed E-state index contributed by atoms with van der Waals surface area (Å²) in [4.78, 5) is 29.0. The number of nitrogens with one attached hydrogen (secondary N) is 1. The summed E-state index contributed by atoms with van der Waals surface area (Å²) in [6, 6.07) is 25.8. The topological polar surface area (TPSA) is 49.4 Å². The maximum Gasteiger partial charge on any atom is 0.243 e. The molecule has 1 atom stereocenters. The van der Waals surface area contributed by atoms with Gasteiger partial charge >= 0.3 is 0 Å². The number of carbonyl (C=O) groups is 2. The third-order valence-corrected chi connectivity index (χ3v) is 7.17. The Bertz CT molecular complexity index is 1110. The van der Waals surface area contributed by atoms with Crippen LogP contribution in [0.25, 0.3) is 0 Å². The Balaban J connectivity index is 1.85. The number of halogens is 1. The summed E-state index contributed by atoms with van der Waals surface area (Å²) in [5.74, 6) is 0.369. The summed E-state index contributed by atoms with van der Waals surface area (Å²) < 4.78 is 0.983. The first-order chi connectivity index (χ1) is 17.9. The predicted molar refractivity (Wildman–Crippen MR) is 155 cm³/mol. The number of rotatable bonds is 13. The molecule has 3 aromatic rings. The third kappa shape index (κ3) is 9.15. The molecule has 2 amide bonds. The van der Waals surface area contributed by atoms with Gasteiger partial charge in [0.1, 0.15) is 6.04 Å². The van der Waals surface area contributed by atoms with Gasteiger partial charge in [-0.3, -0.25) is 9.59 Å². The van der Waals surface area contributed by atoms with Crippen molar-refractivity contribution in [3.8, 4) is 0 Å². The molecule has 0 aliphatic heterocycles. The van der Waals surface area contributed by atoms with E-state index in [2.05, 4.69) is 66.3 Å². The number of aryl methyl sites for hydroxylation is 1. The fourth-order valence-electron chi connectivity index (χ4n) is 4.31. The van der Waals surface area contributed by atoms with Gasteiger partial charge in [-0.15, -0.1) is 0 Å². The standard InChI is InChI=1S/C32H39BrN2O2/c1-4-5-21-34-32(37)30(22-26-9-7-6-8-10-26)35(23-27-13-18-29(33)19-14-27)31(36)20-15-25-11-16-28(17-12-25)24(2)3/h6-14,16-19,24,30H,4-5,15,20-23H2,1-3H3,(H,34,37)/t30-/m0/s1. The molecule has 196 valence electrons. The molecule has 0 radical (unpaired) electrons. The van der Waals surface area contributed by atoms with Crippen LogP contribution in [0.5, 0.6) is 0 Å². The second-order valence-corrected chi connectivity index (χ2v) is 10.8. The molecule has 5 heteroatoms. The quantitative estimate of drug-likeness (QED) is 0.226. The van der Waals surface area contributed by atoms with Gasteiger partial charge in [0.05, 0.1) is 0 Å². The van der Waals surface area contributed by atoms with Gasteiger partial charge in [-0.25, -0.2) is 0 Å². The predicted octanol–water partition coefficient (Wildman–Crippen LogP) is 7.06. The van der Waals surface area contributed by atoms with Gasteiger partial charge in [0.2, 0.25) is 11.8 Å². The molecule has 0 aromatic heterocycles. The van der Waals surface area contributed by atoms with E-state index >= 15 is 0 Å². The van der Waals surface area contributed by atoms with Gasteiger partial charge in [0.25, 0.3) is 0 Å². The zero-order valence-electron chi connectivity index (χ0n) is 22.3. The largest absolute Gasteiger partial charge is 0.354 e. The van der Waals surface area contributed by atoms with Crippen LogP contribution in [0.4, 0.5) is 0 Å². The lowest BCUT2D eigenvalue weighted by Gasteiger charge is -2.32. The van der Waals surface area contributed by atoms with Crippen LogP contribution in [0, 0.1) is 0 Å². The fraction of sp³-hybridized carbons (Fsp3) is 0.375. The molecular formula is C32H39BrN2O2. The summed E-state index contributed by atoms with van der Waals surface area (Å²) in [7, 11) is 0. The van der Waals surface area contributed by atoms with Gasteiger partial charge in [-0.05, 0) is 53.1 Å². The number of hydrogen-bond acceptors (Lipinski definition) is 2. The molecule has 3 rings (SSSR count). The zero-order valence-corrected chi connectivity index (χ0v) is 23.8. The maximum absolute atomic E-state index is 13.8. The van der Waals surface area contributed by atoms with Crippen LogP contribution in [0.15, 0.2) is 83.3 Å². The highest BCUT2D eigenvalue weighted by Gasteiger charge is 2.30. The zero-order chi connectivity index (χ0) is 26.6. The highest BCUT2D eigenvalue weighted by Crippen LogP contribution is 2.20. The molecule has 0 bridgehead atoms. The van der Waals surface area contributed by atoms with Gasteiger partial charge < -0.3 is 10.2 Å². The van der Waals surface area contributed by atoms with Crippen molar-refractivity contribution < 1.29 is 9.59 Å². The lowest BCUT2D eigenvalue weighted by Crippen LogP contribution is -2.50. The Morgan fingerprint density at radius 2 is 1.51 bits per heavy atom. The van der Waals surface area contributed by atoms with Crippen LogP contribution in [-0.4, -0.2) is 29.3 Å². The van der Waals surface area contributed by atoms with Crippen molar-refractivity contribution in [1.29, 1.82) is 0 Å². The van der Waals surface area contributed by atoms with Crippen molar-refractivity contribution >= 4 is 27.7 Å². The number of carbonyl (C=O) groups excluding carboxylic acids is 2. The molecule has 1 N–H and O–H groups in total. The van der Waals surface area contributed by atoms with Crippen molar-refractivity contribution in [2.24, 2.45) is 0 Å². The summed E-state index contributed by atoms with van der Waals surface area (Å²) in [6.45, 7) is 7.46. The van der Waals surface area contributed by atoms with E-state index in [1.807, 2.05) is 54.6 Å². The number of benzene rings is 3. The minimum Gasteiger partial charge on any atom is -0.354 e. The van der Waals surface area contributed by atoms with E-state index < -0.39 is 6.04 Å². The lowest BCUT2D eigenvalue weighted by molar-refractivity contribution is -0.141. The average molecular weight is 564 g/mol. The van der Waals surface area contributed by atoms with Crippen LogP contribution >= 0.6 is 15.9 Å². The molecular weight excluding hydrogens is 524 g/mol. The molecule has 3 aromatic carbocycles. The number of nitrogens with zero attached hydrogens (tertiary/aromatic N) is 1. The Morgan fingerprint density at radius 3 is 2.14 bits per heavy atom. The highest BCUT2D eigenvalue weighted by molar-refractivity contribution is 9.10. The monoisotopic (exact) mass is 562 g/mol. The SMILES string of the molecule is CCCCNC(=O)[C@H](Cc1ccccc1)N(Cc1ccc(Br)cc1)C(=O)CCc1ccc(C(C)C)cc1. The van der Waals surface area contributed by atoms with Crippen molar-refractivity contribution in [3.05, 3.63) is 106 Å². The summed E-state index contributed by atoms with van der Waals surface area (Å²) in [6.07, 6.45) is 3.39. The van der Waals surface area contributed by atoms with E-state index in [9.17, 15) is 9.59 Å². The summed E-state index contributed by atoms with van der Waals surface area (Å²) in [5, 5.41) is 3.08. The van der Waals surface area contributed by atoms with Gasteiger partial charge in [0, 0.05) is 30.4 Å². The van der Waals surface area contributed by atoms with E-state index in [0.29, 0.717) is 38.3 Å². The van der Waals surface area contributed by atoms with E-state index in [1.165, 1.54) is 5.56 Å². The second-order valence-electron chi connectivity index (χ2n) is 9.89. The highest BCUT2D eigenvalue weighted by atomic mass is 79.9. The smallest absolute Gasteiger partial charge is 0.243 e. The molecule has 0 aliphatic carbocycles. The van der Waals surface area contributed by atoms with Gasteiger partial charge in [-0.2, -0.15) is 0 Å². The van der Waals surface area contributed by atoms with Crippen LogP contribution in [0.2, 0.25) is 0 Å². The Hall–Kier alpha value is -2.92. The van der Waals surface area contributed by atoms with Crippen LogP contribution in [0.3, 0.4) is 0 Å². The lowest BCUT2D eigenvalue weighted by atomic mass is 9.99. The molecule has 4 nitrogen and oxygen atoms in total. The number of amides is 2. The first-order valence-electron chi connectivity index (χ1n) is 13.3. The van der Waals surface area contributed by atoms with Crippen LogP contribution in [-0.2, 0) is 29.0 Å². The van der Waals surface area contributed by atoms with E-state index in [1.54, 1.807) is 4.90 Å². The number of hydrogen-bond donors (Lipinski definition) is 1. The molecule has 0 saturated carbocycles. The first-order valence-corrected chi connectivity index (χ1v) is 14.1. The maximum atomic E-state index is 13.8. The number of unbranched alkanes of at least 4 members (excludes halogenated alkanes) is 1. The minimum absolute atomic E-state index is 0.0116. The molecule has 0 saturated heterocycles. The Labute approximate surface area is 230 Å². The van der Waals surface area contributed by atoms with E-state index in [0.717, 1.165) is 34.0 Å². The van der Waals surface area contributed by atoms with Crippen LogP contribution in [0.1, 0.15) is 68.2 Å². The second kappa shape index (κ2) is 14.7. The van der Waals surface area contributed by atoms with Crippen molar-refractivity contribution in [1.82, 2.24) is 10.2 Å². The Morgan fingerprint density at radius 1 is 0.865 bits per heavy atom. The summed E-state index contributed by atoms with van der Waals surface area (Å²) >= 11 is 3.49. The molecule has 0 unspecified atom stereocenters. The fourth-order valence-corrected chi connectivity index (χ4v) is 4.58. The molecule has 0 heterocycles.